The van der Waals surface area contributed by atoms with Gasteiger partial charge < -0.3 is 5.11 Å². The molecule has 0 aliphatic rings. The highest BCUT2D eigenvalue weighted by Gasteiger charge is 2.08. The van der Waals surface area contributed by atoms with E-state index in [1.165, 1.54) is 0 Å². The molecular weight excluding hydrogens is 272 g/mol. The number of benzene rings is 1. The van der Waals surface area contributed by atoms with E-state index in [9.17, 15) is 0 Å². The summed E-state index contributed by atoms with van der Waals surface area (Å²) < 4.78 is 1.99. The molecule has 0 amide bonds. The van der Waals surface area contributed by atoms with E-state index in [1.54, 1.807) is 11.3 Å². The number of aliphatic hydroxyl groups is 1. The van der Waals surface area contributed by atoms with Crippen LogP contribution in [0.4, 0.5) is 0 Å². The third kappa shape index (κ3) is 1.50. The Morgan fingerprint density at radius 1 is 1.46 bits per heavy atom. The van der Waals surface area contributed by atoms with Crippen molar-refractivity contribution >= 4 is 49.0 Å². The van der Waals surface area contributed by atoms with Gasteiger partial charge in [-0.05, 0) is 6.07 Å². The molecule has 68 valence electrons. The number of hydrogen-bond acceptors (Lipinski definition) is 2. The zero-order valence-corrected chi connectivity index (χ0v) is 9.71. The van der Waals surface area contributed by atoms with Crippen LogP contribution in [0.1, 0.15) is 5.56 Å². The minimum Gasteiger partial charge on any atom is -0.392 e. The zero-order valence-electron chi connectivity index (χ0n) is 6.55. The summed E-state index contributed by atoms with van der Waals surface area (Å²) in [6, 6.07) is 3.86. The molecule has 1 aromatic heterocycles. The lowest BCUT2D eigenvalue weighted by Crippen LogP contribution is -1.84. The van der Waals surface area contributed by atoms with Crippen molar-refractivity contribution in [3.05, 3.63) is 32.6 Å². The Kier molecular flexibility index (Phi) is 2.60. The van der Waals surface area contributed by atoms with Crippen molar-refractivity contribution in [1.29, 1.82) is 0 Å². The Morgan fingerprint density at radius 3 is 2.92 bits per heavy atom. The summed E-state index contributed by atoms with van der Waals surface area (Å²) in [6.07, 6.45) is 0. The highest BCUT2D eigenvalue weighted by atomic mass is 79.9. The Hall–Kier alpha value is -0.0900. The first-order valence-electron chi connectivity index (χ1n) is 3.69. The highest BCUT2D eigenvalue weighted by Crippen LogP contribution is 2.35. The van der Waals surface area contributed by atoms with Crippen molar-refractivity contribution in [1.82, 2.24) is 0 Å². The fourth-order valence-corrected chi connectivity index (χ4v) is 3.15. The largest absolute Gasteiger partial charge is 0.392 e. The van der Waals surface area contributed by atoms with Gasteiger partial charge >= 0.3 is 0 Å². The van der Waals surface area contributed by atoms with E-state index >= 15 is 0 Å². The van der Waals surface area contributed by atoms with Crippen LogP contribution in [0.25, 0.3) is 10.1 Å². The summed E-state index contributed by atoms with van der Waals surface area (Å²) in [6.45, 7) is 0.0365. The molecule has 0 spiro atoms. The third-order valence-corrected chi connectivity index (χ3v) is 4.14. The molecule has 1 aromatic carbocycles. The Labute approximate surface area is 93.1 Å². The lowest BCUT2D eigenvalue weighted by Gasteiger charge is -2.01. The number of hydrogen-bond donors (Lipinski definition) is 1. The van der Waals surface area contributed by atoms with E-state index in [-0.39, 0.29) is 6.61 Å². The molecule has 2 rings (SSSR count). The highest BCUT2D eigenvalue weighted by molar-refractivity contribution is 9.10. The van der Waals surface area contributed by atoms with Crippen LogP contribution in [-0.4, -0.2) is 5.11 Å². The Morgan fingerprint density at radius 2 is 2.23 bits per heavy atom. The van der Waals surface area contributed by atoms with E-state index in [1.807, 2.05) is 17.5 Å². The van der Waals surface area contributed by atoms with E-state index < -0.39 is 0 Å². The third-order valence-electron chi connectivity index (χ3n) is 1.90. The van der Waals surface area contributed by atoms with Gasteiger partial charge in [0, 0.05) is 25.5 Å². The molecule has 0 unspecified atom stereocenters. The quantitative estimate of drug-likeness (QED) is 0.840. The number of aliphatic hydroxyl groups excluding tert-OH is 1. The van der Waals surface area contributed by atoms with E-state index in [0.29, 0.717) is 0 Å². The van der Waals surface area contributed by atoms with Gasteiger partial charge in [-0.3, -0.25) is 0 Å². The molecule has 0 fully saturated rings. The smallest absolute Gasteiger partial charge is 0.0706 e. The van der Waals surface area contributed by atoms with E-state index in [4.69, 9.17) is 16.7 Å². The van der Waals surface area contributed by atoms with Crippen molar-refractivity contribution in [2.24, 2.45) is 0 Å². The molecule has 0 saturated heterocycles. The molecule has 1 heterocycles. The summed E-state index contributed by atoms with van der Waals surface area (Å²) in [4.78, 5) is 0. The SMILES string of the molecule is OCc1c(Br)ccc2c(Cl)csc12. The van der Waals surface area contributed by atoms with Gasteiger partial charge in [0.2, 0.25) is 0 Å². The molecule has 1 nitrogen and oxygen atoms in total. The van der Waals surface area contributed by atoms with E-state index in [0.717, 1.165) is 25.1 Å². The van der Waals surface area contributed by atoms with Crippen molar-refractivity contribution in [3.8, 4) is 0 Å². The first-order valence-corrected chi connectivity index (χ1v) is 5.74. The molecule has 0 aliphatic heterocycles. The Bertz CT molecular complexity index is 452. The summed E-state index contributed by atoms with van der Waals surface area (Å²) in [5.41, 5.74) is 0.911. The number of halogens is 2. The predicted octanol–water partition coefficient (Wildman–Crippen LogP) is 3.81. The van der Waals surface area contributed by atoms with Gasteiger partial charge in [-0.2, -0.15) is 0 Å². The average Bonchev–Trinajstić information content (AvgIpc) is 2.48. The summed E-state index contributed by atoms with van der Waals surface area (Å²) in [5, 5.41) is 12.8. The van der Waals surface area contributed by atoms with Crippen molar-refractivity contribution < 1.29 is 5.11 Å². The minimum absolute atomic E-state index is 0.0365. The second-order valence-electron chi connectivity index (χ2n) is 2.64. The van der Waals surface area contributed by atoms with Gasteiger partial charge in [0.1, 0.15) is 0 Å². The van der Waals surface area contributed by atoms with E-state index in [2.05, 4.69) is 15.9 Å². The normalized spacial score (nSPS) is 11.0. The molecule has 0 bridgehead atoms. The number of thiophene rings is 1. The molecule has 13 heavy (non-hydrogen) atoms. The van der Waals surface area contributed by atoms with Crippen molar-refractivity contribution in [2.45, 2.75) is 6.61 Å². The van der Waals surface area contributed by atoms with Crippen molar-refractivity contribution in [3.63, 3.8) is 0 Å². The maximum Gasteiger partial charge on any atom is 0.0706 e. The molecule has 0 saturated carbocycles. The molecular formula is C9H6BrClOS. The van der Waals surface area contributed by atoms with Crippen LogP contribution >= 0.6 is 38.9 Å². The fourth-order valence-electron chi connectivity index (χ4n) is 1.25. The molecule has 1 N–H and O–H groups in total. The van der Waals surface area contributed by atoms with Crippen LogP contribution in [0, 0.1) is 0 Å². The van der Waals surface area contributed by atoms with Gasteiger partial charge in [-0.25, -0.2) is 0 Å². The minimum atomic E-state index is 0.0365. The van der Waals surface area contributed by atoms with Crippen molar-refractivity contribution in [2.75, 3.05) is 0 Å². The lowest BCUT2D eigenvalue weighted by atomic mass is 10.2. The predicted molar refractivity (Wildman–Crippen MR) is 60.5 cm³/mol. The molecule has 0 atom stereocenters. The Balaban J connectivity index is 2.85. The van der Waals surface area contributed by atoms with Crippen LogP contribution in [-0.2, 0) is 6.61 Å². The van der Waals surface area contributed by atoms with Crippen LogP contribution in [0.15, 0.2) is 22.0 Å². The maximum atomic E-state index is 9.16. The molecule has 0 radical (unpaired) electrons. The molecule has 2 aromatic rings. The number of rotatable bonds is 1. The second-order valence-corrected chi connectivity index (χ2v) is 4.79. The van der Waals surface area contributed by atoms with Gasteiger partial charge in [-0.1, -0.05) is 33.6 Å². The second kappa shape index (κ2) is 3.58. The maximum absolute atomic E-state index is 9.16. The summed E-state index contributed by atoms with van der Waals surface area (Å²) >= 11 is 10.9. The first kappa shape index (κ1) is 9.46. The van der Waals surface area contributed by atoms with Gasteiger partial charge in [0.15, 0.2) is 0 Å². The van der Waals surface area contributed by atoms with Crippen LogP contribution < -0.4 is 0 Å². The first-order chi connectivity index (χ1) is 6.24. The lowest BCUT2D eigenvalue weighted by molar-refractivity contribution is 0.283. The fraction of sp³-hybridized carbons (Fsp3) is 0.111. The van der Waals surface area contributed by atoms with Crippen LogP contribution in [0.5, 0.6) is 0 Å². The van der Waals surface area contributed by atoms with Gasteiger partial charge in [-0.15, -0.1) is 11.3 Å². The zero-order chi connectivity index (χ0) is 9.42. The van der Waals surface area contributed by atoms with Crippen LogP contribution in [0.2, 0.25) is 5.02 Å². The van der Waals surface area contributed by atoms with Crippen LogP contribution in [0.3, 0.4) is 0 Å². The summed E-state index contributed by atoms with van der Waals surface area (Å²) in [5.74, 6) is 0. The molecule has 4 heteroatoms. The summed E-state index contributed by atoms with van der Waals surface area (Å²) in [7, 11) is 0. The van der Waals surface area contributed by atoms with Gasteiger partial charge in [0.05, 0.1) is 11.6 Å². The molecule has 0 aliphatic carbocycles. The van der Waals surface area contributed by atoms with Gasteiger partial charge in [0.25, 0.3) is 0 Å². The monoisotopic (exact) mass is 276 g/mol. The topological polar surface area (TPSA) is 20.2 Å². The average molecular weight is 278 g/mol. The standard InChI is InChI=1S/C9H6BrClOS/c10-7-2-1-5-8(11)4-13-9(5)6(7)3-12/h1-2,4,12H,3H2. The number of fused-ring (bicyclic) bond motifs is 1.